The van der Waals surface area contributed by atoms with Gasteiger partial charge in [-0.05, 0) is 25.3 Å². The van der Waals surface area contributed by atoms with E-state index in [-0.39, 0.29) is 0 Å². The van der Waals surface area contributed by atoms with Crippen molar-refractivity contribution in [1.29, 1.82) is 0 Å². The van der Waals surface area contributed by atoms with E-state index in [0.29, 0.717) is 30.4 Å². The summed E-state index contributed by atoms with van der Waals surface area (Å²) in [5.41, 5.74) is 0. The molecule has 0 radical (unpaired) electrons. The second-order valence-corrected chi connectivity index (χ2v) is 6.21. The van der Waals surface area contributed by atoms with Crippen LogP contribution in [0.4, 0.5) is 6.01 Å². The first-order chi connectivity index (χ1) is 9.74. The minimum atomic E-state index is 0.493. The van der Waals surface area contributed by atoms with Crippen molar-refractivity contribution < 1.29 is 4.42 Å². The van der Waals surface area contributed by atoms with E-state index in [4.69, 9.17) is 4.42 Å². The zero-order valence-electron chi connectivity index (χ0n) is 12.8. The Morgan fingerprint density at radius 1 is 1.10 bits per heavy atom. The molecule has 0 atom stereocenters. The van der Waals surface area contributed by atoms with Gasteiger partial charge in [0, 0.05) is 6.04 Å². The summed E-state index contributed by atoms with van der Waals surface area (Å²) in [4.78, 5) is 0. The number of hydrogen-bond acceptors (Lipinski definition) is 5. The van der Waals surface area contributed by atoms with Crippen LogP contribution < -0.4 is 10.6 Å². The van der Waals surface area contributed by atoms with Crippen LogP contribution >= 0.6 is 0 Å². The Balaban J connectivity index is 1.76. The molecule has 1 aliphatic rings. The molecule has 1 heterocycles. The van der Waals surface area contributed by atoms with Crippen molar-refractivity contribution in [2.45, 2.75) is 71.4 Å². The third-order valence-corrected chi connectivity index (χ3v) is 3.73. The maximum Gasteiger partial charge on any atom is 0.315 e. The number of nitrogens with one attached hydrogen (secondary N) is 2. The van der Waals surface area contributed by atoms with Crippen molar-refractivity contribution in [3.63, 3.8) is 0 Å². The van der Waals surface area contributed by atoms with Gasteiger partial charge in [0.25, 0.3) is 0 Å². The second kappa shape index (κ2) is 8.25. The van der Waals surface area contributed by atoms with Crippen molar-refractivity contribution in [3.05, 3.63) is 5.89 Å². The van der Waals surface area contributed by atoms with E-state index >= 15 is 0 Å². The van der Waals surface area contributed by atoms with Crippen molar-refractivity contribution in [1.82, 2.24) is 15.5 Å². The van der Waals surface area contributed by atoms with Crippen molar-refractivity contribution >= 4 is 6.01 Å². The monoisotopic (exact) mass is 280 g/mol. The highest BCUT2D eigenvalue weighted by molar-refractivity contribution is 5.19. The van der Waals surface area contributed by atoms with Gasteiger partial charge in [0.2, 0.25) is 5.89 Å². The molecule has 0 amide bonds. The molecule has 1 aromatic rings. The highest BCUT2D eigenvalue weighted by Crippen LogP contribution is 2.20. The standard InChI is InChI=1S/C15H28N4O/c1-12(2)10-16-11-14-18-19-15(20-14)17-13-8-6-4-3-5-7-9-13/h12-13,16H,3-11H2,1-2H3,(H,17,19). The smallest absolute Gasteiger partial charge is 0.315 e. The van der Waals surface area contributed by atoms with Crippen molar-refractivity contribution in [2.24, 2.45) is 5.92 Å². The molecule has 1 fully saturated rings. The first kappa shape index (κ1) is 15.3. The number of hydrogen-bond donors (Lipinski definition) is 2. The van der Waals surface area contributed by atoms with Gasteiger partial charge in [-0.2, -0.15) is 0 Å². The Morgan fingerprint density at radius 3 is 2.50 bits per heavy atom. The number of anilines is 1. The van der Waals surface area contributed by atoms with Gasteiger partial charge in [-0.15, -0.1) is 5.10 Å². The molecular weight excluding hydrogens is 252 g/mol. The SMILES string of the molecule is CC(C)CNCc1nnc(NC2CCCCCCC2)o1. The molecule has 0 saturated heterocycles. The van der Waals surface area contributed by atoms with Gasteiger partial charge < -0.3 is 15.1 Å². The lowest BCUT2D eigenvalue weighted by Gasteiger charge is -2.19. The molecule has 5 nitrogen and oxygen atoms in total. The molecular formula is C15H28N4O. The Hall–Kier alpha value is -1.10. The van der Waals surface area contributed by atoms with E-state index in [1.807, 2.05) is 0 Å². The molecule has 2 N–H and O–H groups in total. The van der Waals surface area contributed by atoms with E-state index < -0.39 is 0 Å². The minimum Gasteiger partial charge on any atom is -0.407 e. The first-order valence-corrected chi connectivity index (χ1v) is 8.03. The number of aromatic nitrogens is 2. The predicted molar refractivity (Wildman–Crippen MR) is 80.6 cm³/mol. The van der Waals surface area contributed by atoms with E-state index in [1.165, 1.54) is 44.9 Å². The summed E-state index contributed by atoms with van der Waals surface area (Å²) in [5.74, 6) is 1.30. The van der Waals surface area contributed by atoms with Gasteiger partial charge in [-0.3, -0.25) is 0 Å². The predicted octanol–water partition coefficient (Wildman–Crippen LogP) is 3.34. The van der Waals surface area contributed by atoms with Gasteiger partial charge in [0.1, 0.15) is 0 Å². The van der Waals surface area contributed by atoms with Crippen LogP contribution in [0.3, 0.4) is 0 Å². The number of nitrogens with zero attached hydrogens (tertiary/aromatic N) is 2. The molecule has 20 heavy (non-hydrogen) atoms. The van der Waals surface area contributed by atoms with Gasteiger partial charge >= 0.3 is 6.01 Å². The summed E-state index contributed by atoms with van der Waals surface area (Å²) in [6.45, 7) is 5.98. The molecule has 0 aliphatic heterocycles. The fourth-order valence-corrected chi connectivity index (χ4v) is 2.63. The maximum absolute atomic E-state index is 5.64. The van der Waals surface area contributed by atoms with E-state index in [0.717, 1.165) is 6.54 Å². The van der Waals surface area contributed by atoms with Gasteiger partial charge in [0.15, 0.2) is 0 Å². The minimum absolute atomic E-state index is 0.493. The molecule has 1 aromatic heterocycles. The van der Waals surface area contributed by atoms with Gasteiger partial charge in [-0.1, -0.05) is 51.1 Å². The summed E-state index contributed by atoms with van der Waals surface area (Å²) in [7, 11) is 0. The average Bonchev–Trinajstić information content (AvgIpc) is 2.80. The van der Waals surface area contributed by atoms with Crippen LogP contribution in [0.2, 0.25) is 0 Å². The van der Waals surface area contributed by atoms with Crippen LogP contribution in [0.25, 0.3) is 0 Å². The maximum atomic E-state index is 5.64. The Labute approximate surface area is 121 Å². The van der Waals surface area contributed by atoms with Crippen LogP contribution in [0.15, 0.2) is 4.42 Å². The summed E-state index contributed by atoms with van der Waals surface area (Å²) in [6, 6.07) is 1.07. The van der Waals surface area contributed by atoms with E-state index in [9.17, 15) is 0 Å². The second-order valence-electron chi connectivity index (χ2n) is 6.21. The normalized spacial score (nSPS) is 17.9. The fraction of sp³-hybridized carbons (Fsp3) is 0.867. The molecule has 1 aliphatic carbocycles. The highest BCUT2D eigenvalue weighted by Gasteiger charge is 2.14. The van der Waals surface area contributed by atoms with Gasteiger partial charge in [0.05, 0.1) is 6.54 Å². The highest BCUT2D eigenvalue weighted by atomic mass is 16.4. The molecule has 0 bridgehead atoms. The fourth-order valence-electron chi connectivity index (χ4n) is 2.63. The topological polar surface area (TPSA) is 63.0 Å². The summed E-state index contributed by atoms with van der Waals surface area (Å²) in [6.07, 6.45) is 9.12. The third-order valence-electron chi connectivity index (χ3n) is 3.73. The molecule has 1 saturated carbocycles. The molecule has 0 aromatic carbocycles. The summed E-state index contributed by atoms with van der Waals surface area (Å²) in [5, 5.41) is 14.9. The van der Waals surface area contributed by atoms with Crippen LogP contribution in [-0.2, 0) is 6.54 Å². The van der Waals surface area contributed by atoms with Crippen molar-refractivity contribution in [2.75, 3.05) is 11.9 Å². The van der Waals surface area contributed by atoms with Crippen molar-refractivity contribution in [3.8, 4) is 0 Å². The number of rotatable bonds is 6. The van der Waals surface area contributed by atoms with E-state index in [1.54, 1.807) is 0 Å². The lowest BCUT2D eigenvalue weighted by atomic mass is 9.97. The average molecular weight is 280 g/mol. The molecule has 0 unspecified atom stereocenters. The van der Waals surface area contributed by atoms with Crippen LogP contribution in [0.1, 0.15) is 64.7 Å². The summed E-state index contributed by atoms with van der Waals surface area (Å²) >= 11 is 0. The molecule has 2 rings (SSSR count). The third kappa shape index (κ3) is 5.49. The molecule has 5 heteroatoms. The molecule has 0 spiro atoms. The van der Waals surface area contributed by atoms with Crippen LogP contribution in [0, 0.1) is 5.92 Å². The molecule has 114 valence electrons. The Bertz CT molecular complexity index is 370. The largest absolute Gasteiger partial charge is 0.407 e. The lowest BCUT2D eigenvalue weighted by molar-refractivity contribution is 0.437. The zero-order chi connectivity index (χ0) is 14.2. The zero-order valence-corrected chi connectivity index (χ0v) is 12.8. The van der Waals surface area contributed by atoms with Crippen LogP contribution in [-0.4, -0.2) is 22.8 Å². The first-order valence-electron chi connectivity index (χ1n) is 8.03. The summed E-state index contributed by atoms with van der Waals surface area (Å²) < 4.78 is 5.64. The van der Waals surface area contributed by atoms with Gasteiger partial charge in [-0.25, -0.2) is 0 Å². The quantitative estimate of drug-likeness (QED) is 0.836. The lowest BCUT2D eigenvalue weighted by Crippen LogP contribution is -2.20. The van der Waals surface area contributed by atoms with E-state index in [2.05, 4.69) is 34.7 Å². The van der Waals surface area contributed by atoms with Crippen LogP contribution in [0.5, 0.6) is 0 Å². The Kier molecular flexibility index (Phi) is 6.30. The Morgan fingerprint density at radius 2 is 1.80 bits per heavy atom.